The Morgan fingerprint density at radius 1 is 1.29 bits per heavy atom. The van der Waals surface area contributed by atoms with E-state index in [1.54, 1.807) is 12.1 Å². The molecule has 28 heavy (non-hydrogen) atoms. The van der Waals surface area contributed by atoms with Gasteiger partial charge in [0, 0.05) is 48.9 Å². The summed E-state index contributed by atoms with van der Waals surface area (Å²) in [5.74, 6) is 1.35. The fourth-order valence-corrected chi connectivity index (χ4v) is 5.79. The third kappa shape index (κ3) is 2.88. The quantitative estimate of drug-likeness (QED) is 0.850. The van der Waals surface area contributed by atoms with Crippen LogP contribution in [0.15, 0.2) is 18.2 Å². The zero-order valence-corrected chi connectivity index (χ0v) is 16.3. The monoisotopic (exact) mass is 386 g/mol. The van der Waals surface area contributed by atoms with Crippen LogP contribution in [0.2, 0.25) is 0 Å². The van der Waals surface area contributed by atoms with Crippen LogP contribution in [0.25, 0.3) is 0 Å². The van der Waals surface area contributed by atoms with E-state index in [0.29, 0.717) is 12.3 Å². The van der Waals surface area contributed by atoms with Gasteiger partial charge in [0.2, 0.25) is 11.8 Å². The van der Waals surface area contributed by atoms with E-state index in [1.807, 2.05) is 4.90 Å². The van der Waals surface area contributed by atoms with Crippen molar-refractivity contribution < 1.29 is 18.7 Å². The maximum Gasteiger partial charge on any atom is 0.225 e. The van der Waals surface area contributed by atoms with E-state index in [-0.39, 0.29) is 34.7 Å². The lowest BCUT2D eigenvalue weighted by atomic mass is 9.67. The van der Waals surface area contributed by atoms with Crippen molar-refractivity contribution >= 4 is 11.8 Å². The number of nitrogens with zero attached hydrogens (tertiary/aromatic N) is 1. The molecule has 3 aliphatic heterocycles. The first-order valence-corrected chi connectivity index (χ1v) is 10.4. The van der Waals surface area contributed by atoms with Crippen LogP contribution in [0, 0.1) is 17.7 Å². The highest BCUT2D eigenvalue weighted by atomic mass is 19.1. The highest BCUT2D eigenvalue weighted by molar-refractivity contribution is 5.83. The molecule has 1 spiro atoms. The summed E-state index contributed by atoms with van der Waals surface area (Å²) < 4.78 is 19.7. The molecule has 1 unspecified atom stereocenters. The first kappa shape index (κ1) is 18.0. The molecular weight excluding hydrogens is 359 g/mol. The zero-order valence-electron chi connectivity index (χ0n) is 16.3. The minimum Gasteiger partial charge on any atom is -0.487 e. The van der Waals surface area contributed by atoms with Crippen molar-refractivity contribution in [1.29, 1.82) is 0 Å². The molecule has 1 saturated carbocycles. The topological polar surface area (TPSA) is 58.6 Å². The fraction of sp³-hybridized carbons (Fsp3) is 0.636. The Bertz CT molecular complexity index is 827. The van der Waals surface area contributed by atoms with Gasteiger partial charge in [0.25, 0.3) is 0 Å². The van der Waals surface area contributed by atoms with Crippen LogP contribution in [0.4, 0.5) is 4.39 Å². The molecular formula is C22H27FN2O3. The van der Waals surface area contributed by atoms with E-state index in [4.69, 9.17) is 4.74 Å². The summed E-state index contributed by atoms with van der Waals surface area (Å²) >= 11 is 0. The summed E-state index contributed by atoms with van der Waals surface area (Å²) in [6.45, 7) is 3.62. The summed E-state index contributed by atoms with van der Waals surface area (Å²) in [5.41, 5.74) is 0.529. The Morgan fingerprint density at radius 3 is 2.71 bits per heavy atom. The van der Waals surface area contributed by atoms with E-state index in [2.05, 4.69) is 12.2 Å². The molecule has 1 aliphatic carbocycles. The number of hydrogen-bond acceptors (Lipinski definition) is 3. The van der Waals surface area contributed by atoms with Gasteiger partial charge >= 0.3 is 0 Å². The normalized spacial score (nSPS) is 34.7. The number of carbonyl (C=O) groups is 2. The van der Waals surface area contributed by atoms with Crippen molar-refractivity contribution in [2.45, 2.75) is 63.0 Å². The third-order valence-corrected chi connectivity index (χ3v) is 7.44. The highest BCUT2D eigenvalue weighted by Gasteiger charge is 2.52. The number of likely N-dealkylation sites (tertiary alicyclic amines) is 1. The zero-order chi connectivity index (χ0) is 19.5. The average molecular weight is 386 g/mol. The van der Waals surface area contributed by atoms with Gasteiger partial charge in [0.15, 0.2) is 0 Å². The SMILES string of the molecule is CC1(C2CCN(C(=O)C3CC4(CCC(=O)N4)C3)CC2)Cc2cc(F)ccc2O1. The summed E-state index contributed by atoms with van der Waals surface area (Å²) in [6, 6.07) is 4.75. The van der Waals surface area contributed by atoms with Gasteiger partial charge < -0.3 is 15.0 Å². The van der Waals surface area contributed by atoms with Crippen molar-refractivity contribution in [3.05, 3.63) is 29.6 Å². The number of nitrogens with one attached hydrogen (secondary N) is 1. The van der Waals surface area contributed by atoms with Crippen molar-refractivity contribution in [2.75, 3.05) is 13.1 Å². The molecule has 1 N–H and O–H groups in total. The van der Waals surface area contributed by atoms with Crippen LogP contribution < -0.4 is 10.1 Å². The number of fused-ring (bicyclic) bond motifs is 1. The summed E-state index contributed by atoms with van der Waals surface area (Å²) in [7, 11) is 0. The average Bonchev–Trinajstić information content (AvgIpc) is 3.20. The second kappa shape index (κ2) is 6.19. The van der Waals surface area contributed by atoms with Crippen LogP contribution in [-0.2, 0) is 16.0 Å². The Kier molecular flexibility index (Phi) is 3.97. The molecule has 1 aromatic rings. The maximum atomic E-state index is 13.5. The number of ether oxygens (including phenoxy) is 1. The van der Waals surface area contributed by atoms with Gasteiger partial charge in [0.05, 0.1) is 0 Å². The Hall–Kier alpha value is -2.11. The van der Waals surface area contributed by atoms with E-state index in [9.17, 15) is 14.0 Å². The Balaban J connectivity index is 1.16. The number of hydrogen-bond donors (Lipinski definition) is 1. The lowest BCUT2D eigenvalue weighted by Crippen LogP contribution is -2.58. The van der Waals surface area contributed by atoms with Gasteiger partial charge in [-0.3, -0.25) is 9.59 Å². The second-order valence-electron chi connectivity index (χ2n) is 9.38. The molecule has 3 fully saturated rings. The lowest BCUT2D eigenvalue weighted by Gasteiger charge is -2.47. The highest BCUT2D eigenvalue weighted by Crippen LogP contribution is 2.46. The van der Waals surface area contributed by atoms with Crippen LogP contribution in [0.1, 0.15) is 51.0 Å². The van der Waals surface area contributed by atoms with Gasteiger partial charge in [-0.1, -0.05) is 0 Å². The first-order valence-electron chi connectivity index (χ1n) is 10.4. The lowest BCUT2D eigenvalue weighted by molar-refractivity contribution is -0.144. The number of carbonyl (C=O) groups excluding carboxylic acids is 2. The number of amides is 2. The molecule has 0 aromatic heterocycles. The number of rotatable bonds is 2. The predicted molar refractivity (Wildman–Crippen MR) is 101 cm³/mol. The molecule has 5 rings (SSSR count). The molecule has 5 nitrogen and oxygen atoms in total. The predicted octanol–water partition coefficient (Wildman–Crippen LogP) is 2.82. The van der Waals surface area contributed by atoms with E-state index < -0.39 is 0 Å². The van der Waals surface area contributed by atoms with Gasteiger partial charge in [-0.15, -0.1) is 0 Å². The van der Waals surface area contributed by atoms with Gasteiger partial charge in [0.1, 0.15) is 17.2 Å². The summed E-state index contributed by atoms with van der Waals surface area (Å²) in [4.78, 5) is 26.3. The molecule has 150 valence electrons. The van der Waals surface area contributed by atoms with Crippen LogP contribution in [-0.4, -0.2) is 40.9 Å². The van der Waals surface area contributed by atoms with Crippen LogP contribution in [0.5, 0.6) is 5.75 Å². The van der Waals surface area contributed by atoms with Crippen molar-refractivity contribution in [3.63, 3.8) is 0 Å². The Labute approximate surface area is 164 Å². The van der Waals surface area contributed by atoms with E-state index in [0.717, 1.165) is 62.9 Å². The number of piperidine rings is 1. The molecule has 1 atom stereocenters. The molecule has 3 heterocycles. The molecule has 6 heteroatoms. The minimum absolute atomic E-state index is 0.0560. The van der Waals surface area contributed by atoms with E-state index in [1.165, 1.54) is 6.07 Å². The molecule has 4 aliphatic rings. The standard InChI is InChI=1S/C22H27FN2O3/c1-21(11-14-10-17(23)2-3-18(14)28-21)16-5-8-25(9-6-16)20(27)15-12-22(13-15)7-4-19(26)24-22/h2-3,10,15-16H,4-9,11-13H2,1H3,(H,24,26). The molecule has 1 aromatic carbocycles. The maximum absolute atomic E-state index is 13.5. The number of benzene rings is 1. The second-order valence-corrected chi connectivity index (χ2v) is 9.38. The van der Waals surface area contributed by atoms with Gasteiger partial charge in [-0.05, 0) is 57.2 Å². The summed E-state index contributed by atoms with van der Waals surface area (Å²) in [5, 5.41) is 3.06. The van der Waals surface area contributed by atoms with Crippen molar-refractivity contribution in [2.24, 2.45) is 11.8 Å². The van der Waals surface area contributed by atoms with Crippen molar-refractivity contribution in [1.82, 2.24) is 10.2 Å². The van der Waals surface area contributed by atoms with Crippen LogP contribution in [0.3, 0.4) is 0 Å². The number of halogens is 1. The molecule has 0 bridgehead atoms. The van der Waals surface area contributed by atoms with E-state index >= 15 is 0 Å². The van der Waals surface area contributed by atoms with Crippen LogP contribution >= 0.6 is 0 Å². The third-order valence-electron chi connectivity index (χ3n) is 7.44. The molecule has 2 amide bonds. The fourth-order valence-electron chi connectivity index (χ4n) is 5.79. The molecule has 2 saturated heterocycles. The van der Waals surface area contributed by atoms with Gasteiger partial charge in [-0.2, -0.15) is 0 Å². The van der Waals surface area contributed by atoms with Gasteiger partial charge in [-0.25, -0.2) is 4.39 Å². The smallest absolute Gasteiger partial charge is 0.225 e. The Morgan fingerprint density at radius 2 is 2.04 bits per heavy atom. The minimum atomic E-state index is -0.320. The summed E-state index contributed by atoms with van der Waals surface area (Å²) in [6.07, 6.45) is 5.59. The molecule has 0 radical (unpaired) electrons. The largest absolute Gasteiger partial charge is 0.487 e. The van der Waals surface area contributed by atoms with Crippen molar-refractivity contribution in [3.8, 4) is 5.75 Å². The first-order chi connectivity index (χ1) is 13.4.